The summed E-state index contributed by atoms with van der Waals surface area (Å²) in [5, 5.41) is 43.4. The van der Waals surface area contributed by atoms with Crippen molar-refractivity contribution in [2.75, 3.05) is 0 Å². The molecule has 0 unspecified atom stereocenters. The Bertz CT molecular complexity index is 777. The molecule has 0 atom stereocenters. The number of nitrogens with zero attached hydrogens (tertiary/aromatic N) is 3. The van der Waals surface area contributed by atoms with Gasteiger partial charge in [-0.15, -0.1) is 0 Å². The summed E-state index contributed by atoms with van der Waals surface area (Å²) >= 11 is -0.281. The van der Waals surface area contributed by atoms with E-state index in [4.69, 9.17) is 0 Å². The molecule has 2 aromatic rings. The van der Waals surface area contributed by atoms with Gasteiger partial charge in [-0.2, -0.15) is 0 Å². The summed E-state index contributed by atoms with van der Waals surface area (Å²) in [4.78, 5) is 27.5. The van der Waals surface area contributed by atoms with E-state index in [1.807, 2.05) is 0 Å². The molecule has 2 aromatic carbocycles. The molecule has 0 amide bonds. The van der Waals surface area contributed by atoms with Gasteiger partial charge in [0.1, 0.15) is 0 Å². The van der Waals surface area contributed by atoms with Crippen LogP contribution in [0.15, 0.2) is 42.5 Å². The van der Waals surface area contributed by atoms with Crippen LogP contribution in [0.5, 0.6) is 5.75 Å². The maximum atomic E-state index is 11.1. The van der Waals surface area contributed by atoms with Crippen molar-refractivity contribution in [3.8, 4) is 5.75 Å². The van der Waals surface area contributed by atoms with Gasteiger partial charge >= 0.3 is 66.8 Å². The molecule has 0 aliphatic heterocycles. The molecule has 0 aliphatic carbocycles. The van der Waals surface area contributed by atoms with Crippen molar-refractivity contribution >= 4 is 31.0 Å². The number of rotatable bonds is 5. The Labute approximate surface area is 152 Å². The third-order valence-corrected chi connectivity index (χ3v) is 4.85. The molecule has 0 aromatic heterocycles. The summed E-state index contributed by atoms with van der Waals surface area (Å²) in [5.74, 6) is 3.28. The van der Waals surface area contributed by atoms with E-state index in [1.54, 1.807) is 0 Å². The van der Waals surface area contributed by atoms with Crippen LogP contribution in [0.4, 0.5) is 17.1 Å². The first kappa shape index (κ1) is 21.0. The summed E-state index contributed by atoms with van der Waals surface area (Å²) in [6.45, 7) is 0. The monoisotopic (exact) mass is 429 g/mol. The van der Waals surface area contributed by atoms with Gasteiger partial charge in [0.25, 0.3) is 17.1 Å². The standard InChI is InChI=1S/C9H13Se.C6H3N3O7/c1-10(2)8-9-6-4-3-5-7-9;10-6-4(8(13)14)1-3(7(11)12)2-5(6)9(15)16/h3-7H,8H2,1-2H3;1-2,10H/q+1;/p-1. The zero-order valence-electron chi connectivity index (χ0n) is 13.9. The molecule has 138 valence electrons. The van der Waals surface area contributed by atoms with Crippen LogP contribution in [-0.4, -0.2) is 28.7 Å². The summed E-state index contributed by atoms with van der Waals surface area (Å²) in [5.41, 5.74) is -1.77. The van der Waals surface area contributed by atoms with E-state index >= 15 is 0 Å². The van der Waals surface area contributed by atoms with Gasteiger partial charge in [-0.1, -0.05) is 0 Å². The molecule has 0 bridgehead atoms. The number of nitro groups is 3. The van der Waals surface area contributed by atoms with Crippen molar-refractivity contribution in [2.24, 2.45) is 0 Å². The predicted molar refractivity (Wildman–Crippen MR) is 93.5 cm³/mol. The molecule has 10 nitrogen and oxygen atoms in total. The maximum absolute atomic E-state index is 11.1. The fourth-order valence-electron chi connectivity index (χ4n) is 1.87. The smallest absolute Gasteiger partial charge is 0.283 e. The molecular weight excluding hydrogens is 413 g/mol. The van der Waals surface area contributed by atoms with Crippen molar-refractivity contribution in [2.45, 2.75) is 17.0 Å². The summed E-state index contributed by atoms with van der Waals surface area (Å²) in [7, 11) is 0. The Kier molecular flexibility index (Phi) is 7.63. The van der Waals surface area contributed by atoms with E-state index in [-0.39, 0.29) is 13.9 Å². The van der Waals surface area contributed by atoms with Crippen LogP contribution in [-0.2, 0) is 5.32 Å². The zero-order chi connectivity index (χ0) is 19.9. The molecule has 11 heteroatoms. The zero-order valence-corrected chi connectivity index (χ0v) is 15.6. The van der Waals surface area contributed by atoms with Gasteiger partial charge < -0.3 is 5.11 Å². The number of hydrogen-bond acceptors (Lipinski definition) is 7. The second kappa shape index (κ2) is 9.44. The van der Waals surface area contributed by atoms with E-state index < -0.39 is 37.6 Å². The minimum atomic E-state index is -1.46. The van der Waals surface area contributed by atoms with Crippen LogP contribution in [0.2, 0.25) is 11.6 Å². The average molecular weight is 428 g/mol. The third-order valence-electron chi connectivity index (χ3n) is 2.94. The van der Waals surface area contributed by atoms with E-state index in [9.17, 15) is 35.4 Å². The molecule has 0 spiro atoms. The molecular formula is C15H15N3O7Se. The van der Waals surface area contributed by atoms with Crippen molar-refractivity contribution < 1.29 is 19.9 Å². The minimum Gasteiger partial charge on any atom is -0.863 e. The van der Waals surface area contributed by atoms with Gasteiger partial charge in [-0.25, -0.2) is 0 Å². The maximum Gasteiger partial charge on any atom is 0.283 e. The molecule has 0 saturated heterocycles. The van der Waals surface area contributed by atoms with Gasteiger partial charge in [-0.05, 0) is 0 Å². The Hall–Kier alpha value is -3.04. The molecule has 2 rings (SSSR count). The normalized spacial score (nSPS) is 9.96. The topological polar surface area (TPSA) is 152 Å². The van der Waals surface area contributed by atoms with Gasteiger partial charge in [-0.3, -0.25) is 30.3 Å². The van der Waals surface area contributed by atoms with Crippen LogP contribution in [0.1, 0.15) is 5.56 Å². The van der Waals surface area contributed by atoms with Crippen molar-refractivity contribution in [3.63, 3.8) is 0 Å². The van der Waals surface area contributed by atoms with Crippen LogP contribution in [0.3, 0.4) is 0 Å². The third kappa shape index (κ3) is 6.11. The molecule has 0 radical (unpaired) electrons. The Morgan fingerprint density at radius 1 is 0.846 bits per heavy atom. The predicted octanol–water partition coefficient (Wildman–Crippen LogP) is 3.01. The van der Waals surface area contributed by atoms with Crippen molar-refractivity contribution in [1.82, 2.24) is 0 Å². The van der Waals surface area contributed by atoms with Gasteiger partial charge in [0.05, 0.1) is 32.7 Å². The number of non-ortho nitro benzene ring substituents is 1. The Morgan fingerprint density at radius 2 is 1.31 bits per heavy atom. The summed E-state index contributed by atoms with van der Waals surface area (Å²) in [6.07, 6.45) is 0. The van der Waals surface area contributed by atoms with Crippen molar-refractivity contribution in [3.05, 3.63) is 78.4 Å². The van der Waals surface area contributed by atoms with Gasteiger partial charge in [0.2, 0.25) is 0 Å². The first-order valence-electron chi connectivity index (χ1n) is 6.99. The van der Waals surface area contributed by atoms with Gasteiger partial charge in [0.15, 0.2) is 0 Å². The van der Waals surface area contributed by atoms with Gasteiger partial charge in [0, 0.05) is 0 Å². The number of benzene rings is 2. The Balaban J connectivity index is 0.000000289. The summed E-state index contributed by atoms with van der Waals surface area (Å²) in [6, 6.07) is 11.5. The van der Waals surface area contributed by atoms with E-state index in [1.165, 1.54) is 10.9 Å². The second-order valence-electron chi connectivity index (χ2n) is 5.20. The SMILES string of the molecule is C[Se+](C)Cc1ccccc1.O=[N+]([O-])c1cc([N+](=O)[O-])c([O-])c([N+](=O)[O-])c1. The first-order valence-corrected chi connectivity index (χ1v) is 11.6. The number of hydrogen-bond donors (Lipinski definition) is 0. The Morgan fingerprint density at radius 3 is 1.65 bits per heavy atom. The van der Waals surface area contributed by atoms with Crippen LogP contribution in [0, 0.1) is 30.3 Å². The molecule has 0 aliphatic rings. The molecule has 0 saturated carbocycles. The molecule has 26 heavy (non-hydrogen) atoms. The summed E-state index contributed by atoms with van der Waals surface area (Å²) < 4.78 is 0. The quantitative estimate of drug-likeness (QED) is 0.403. The van der Waals surface area contributed by atoms with Crippen LogP contribution >= 0.6 is 0 Å². The van der Waals surface area contributed by atoms with E-state index in [0.29, 0.717) is 12.1 Å². The van der Waals surface area contributed by atoms with Crippen LogP contribution in [0.25, 0.3) is 0 Å². The molecule has 0 N–H and O–H groups in total. The molecule has 0 heterocycles. The molecule has 0 fully saturated rings. The van der Waals surface area contributed by atoms with Crippen LogP contribution < -0.4 is 5.11 Å². The average Bonchev–Trinajstić information content (AvgIpc) is 2.55. The van der Waals surface area contributed by atoms with E-state index in [0.717, 1.165) is 0 Å². The number of nitro benzene ring substituents is 3. The fourth-order valence-corrected chi connectivity index (χ4v) is 3.67. The minimum absolute atomic E-state index is 0.281. The first-order chi connectivity index (χ1) is 12.1. The largest absolute Gasteiger partial charge is 0.863 e. The van der Waals surface area contributed by atoms with Crippen molar-refractivity contribution in [1.29, 1.82) is 0 Å². The van der Waals surface area contributed by atoms with E-state index in [2.05, 4.69) is 42.0 Å². The fraction of sp³-hybridized carbons (Fsp3) is 0.200. The second-order valence-corrected chi connectivity index (χ2v) is 9.94.